The van der Waals surface area contributed by atoms with Gasteiger partial charge in [-0.05, 0) is 47.2 Å². The zero-order valence-corrected chi connectivity index (χ0v) is 19.7. The molecule has 0 saturated heterocycles. The summed E-state index contributed by atoms with van der Waals surface area (Å²) in [6, 6.07) is 8.58. The summed E-state index contributed by atoms with van der Waals surface area (Å²) < 4.78 is 21.4. The van der Waals surface area contributed by atoms with Crippen molar-refractivity contribution in [2.24, 2.45) is 20.0 Å². The van der Waals surface area contributed by atoms with Gasteiger partial charge in [0.1, 0.15) is 16.9 Å². The quantitative estimate of drug-likeness (QED) is 0.395. The van der Waals surface area contributed by atoms with Crippen molar-refractivity contribution in [2.45, 2.75) is 26.9 Å². The van der Waals surface area contributed by atoms with E-state index in [0.29, 0.717) is 29.8 Å². The lowest BCUT2D eigenvalue weighted by Gasteiger charge is -2.11. The molecule has 33 heavy (non-hydrogen) atoms. The van der Waals surface area contributed by atoms with Crippen LogP contribution in [0.3, 0.4) is 0 Å². The van der Waals surface area contributed by atoms with Gasteiger partial charge in [0.15, 0.2) is 5.65 Å². The van der Waals surface area contributed by atoms with Crippen LogP contribution >= 0.6 is 11.3 Å². The monoisotopic (exact) mass is 465 g/mol. The summed E-state index contributed by atoms with van der Waals surface area (Å²) in [5.74, 6) is -0.106. The van der Waals surface area contributed by atoms with Crippen LogP contribution in [-0.2, 0) is 27.2 Å². The number of halogens is 1. The summed E-state index contributed by atoms with van der Waals surface area (Å²) in [6.07, 6.45) is 1.91. The van der Waals surface area contributed by atoms with Gasteiger partial charge in [0.2, 0.25) is 0 Å². The highest BCUT2D eigenvalue weighted by atomic mass is 32.1. The van der Waals surface area contributed by atoms with Crippen LogP contribution in [0.1, 0.15) is 19.4 Å². The number of aromatic nitrogens is 5. The van der Waals surface area contributed by atoms with E-state index in [4.69, 9.17) is 5.10 Å². The van der Waals surface area contributed by atoms with Crippen LogP contribution in [0.5, 0.6) is 0 Å². The van der Waals surface area contributed by atoms with Crippen molar-refractivity contribution in [3.05, 3.63) is 74.1 Å². The third-order valence-corrected chi connectivity index (χ3v) is 6.91. The number of benzene rings is 1. The molecule has 0 bridgehead atoms. The van der Waals surface area contributed by atoms with E-state index in [1.54, 1.807) is 26.7 Å². The first-order chi connectivity index (χ1) is 15.8. The molecule has 0 N–H and O–H groups in total. The van der Waals surface area contributed by atoms with Crippen molar-refractivity contribution in [3.63, 3.8) is 0 Å². The lowest BCUT2D eigenvalue weighted by Crippen LogP contribution is -2.38. The fourth-order valence-corrected chi connectivity index (χ4v) is 5.25. The fraction of sp³-hybridized carbons (Fsp3) is 0.292. The highest BCUT2D eigenvalue weighted by Crippen LogP contribution is 2.31. The zero-order valence-electron chi connectivity index (χ0n) is 18.9. The third kappa shape index (κ3) is 3.43. The summed E-state index contributed by atoms with van der Waals surface area (Å²) in [4.78, 5) is 26.3. The second kappa shape index (κ2) is 7.84. The molecule has 0 unspecified atom stereocenters. The molecule has 0 fully saturated rings. The molecule has 0 amide bonds. The number of hydrogen-bond acceptors (Lipinski definition) is 4. The first-order valence-corrected chi connectivity index (χ1v) is 11.6. The van der Waals surface area contributed by atoms with Crippen molar-refractivity contribution in [3.8, 4) is 11.4 Å². The van der Waals surface area contributed by atoms with Crippen molar-refractivity contribution in [2.75, 3.05) is 0 Å². The van der Waals surface area contributed by atoms with Gasteiger partial charge in [-0.1, -0.05) is 13.8 Å². The van der Waals surface area contributed by atoms with Gasteiger partial charge in [-0.25, -0.2) is 9.18 Å². The second-order valence-electron chi connectivity index (χ2n) is 8.76. The second-order valence-corrected chi connectivity index (χ2v) is 9.67. The number of nitrogens with zero attached hydrogens (tertiary/aromatic N) is 5. The van der Waals surface area contributed by atoms with E-state index in [1.165, 1.54) is 19.2 Å². The van der Waals surface area contributed by atoms with Crippen LogP contribution in [0, 0.1) is 11.7 Å². The molecule has 0 saturated carbocycles. The van der Waals surface area contributed by atoms with E-state index in [9.17, 15) is 14.0 Å². The summed E-state index contributed by atoms with van der Waals surface area (Å²) in [6.45, 7) is 4.83. The highest BCUT2D eigenvalue weighted by molar-refractivity contribution is 7.17. The molecular formula is C24H24FN5O2S. The van der Waals surface area contributed by atoms with E-state index >= 15 is 0 Å². The van der Waals surface area contributed by atoms with Gasteiger partial charge in [0.25, 0.3) is 5.56 Å². The normalized spacial score (nSPS) is 11.9. The molecule has 5 aromatic rings. The minimum Gasteiger partial charge on any atom is -0.349 e. The lowest BCUT2D eigenvalue weighted by molar-refractivity contribution is 0.498. The Morgan fingerprint density at radius 1 is 1.15 bits per heavy atom. The maximum Gasteiger partial charge on any atom is 0.332 e. The van der Waals surface area contributed by atoms with Crippen molar-refractivity contribution in [1.29, 1.82) is 0 Å². The van der Waals surface area contributed by atoms with Gasteiger partial charge in [-0.15, -0.1) is 11.3 Å². The fourth-order valence-electron chi connectivity index (χ4n) is 4.31. The van der Waals surface area contributed by atoms with Gasteiger partial charge < -0.3 is 4.57 Å². The molecule has 0 aliphatic carbocycles. The minimum atomic E-state index is -0.382. The molecule has 4 aromatic heterocycles. The van der Waals surface area contributed by atoms with Crippen LogP contribution in [0.15, 0.2) is 51.5 Å². The third-order valence-electron chi connectivity index (χ3n) is 5.90. The van der Waals surface area contributed by atoms with E-state index < -0.39 is 0 Å². The molecule has 0 atom stereocenters. The highest BCUT2D eigenvalue weighted by Gasteiger charge is 2.24. The van der Waals surface area contributed by atoms with Crippen LogP contribution in [0.2, 0.25) is 0 Å². The Morgan fingerprint density at radius 3 is 2.64 bits per heavy atom. The number of fused-ring (bicyclic) bond motifs is 2. The standard InChI is InChI=1S/C24H24FN5O2S/c1-14(2)11-29-22-20(23(31)28(4)24(29)32)21(18-6-5-9-27(18)3)30(26-22)12-15-13-33-19-8-7-16(25)10-17(15)19/h5-10,13-14H,11-12H2,1-4H3. The van der Waals surface area contributed by atoms with Crippen LogP contribution < -0.4 is 11.2 Å². The topological polar surface area (TPSA) is 66.8 Å². The van der Waals surface area contributed by atoms with Gasteiger partial charge in [-0.2, -0.15) is 5.10 Å². The van der Waals surface area contributed by atoms with Crippen LogP contribution in [0.4, 0.5) is 4.39 Å². The number of aryl methyl sites for hydroxylation is 1. The molecule has 9 heteroatoms. The average molecular weight is 466 g/mol. The van der Waals surface area contributed by atoms with Crippen LogP contribution in [-0.4, -0.2) is 23.5 Å². The van der Waals surface area contributed by atoms with Gasteiger partial charge in [-0.3, -0.25) is 18.6 Å². The Morgan fingerprint density at radius 2 is 1.94 bits per heavy atom. The van der Waals surface area contributed by atoms with E-state index in [2.05, 4.69) is 0 Å². The number of rotatable bonds is 5. The molecule has 4 heterocycles. The SMILES string of the molecule is CC(C)Cn1c(=O)n(C)c(=O)c2c(-c3cccn3C)n(Cc3csc4ccc(F)cc34)nc21. The number of thiophene rings is 1. The Bertz CT molecular complexity index is 1630. The molecule has 0 radical (unpaired) electrons. The van der Waals surface area contributed by atoms with E-state index in [-0.39, 0.29) is 23.0 Å². The summed E-state index contributed by atoms with van der Waals surface area (Å²) >= 11 is 1.54. The molecule has 0 aliphatic rings. The molecular weight excluding hydrogens is 441 g/mol. The van der Waals surface area contributed by atoms with Gasteiger partial charge in [0.05, 0.1) is 12.2 Å². The Balaban J connectivity index is 1.84. The maximum atomic E-state index is 14.0. The molecule has 5 rings (SSSR count). The van der Waals surface area contributed by atoms with E-state index in [0.717, 1.165) is 25.9 Å². The maximum absolute atomic E-state index is 14.0. The predicted molar refractivity (Wildman–Crippen MR) is 129 cm³/mol. The molecule has 170 valence electrons. The Labute approximate surface area is 192 Å². The lowest BCUT2D eigenvalue weighted by atomic mass is 10.1. The van der Waals surface area contributed by atoms with Crippen molar-refractivity contribution >= 4 is 32.5 Å². The summed E-state index contributed by atoms with van der Waals surface area (Å²) in [7, 11) is 3.41. The van der Waals surface area contributed by atoms with E-state index in [1.807, 2.05) is 49.2 Å². The zero-order chi connectivity index (χ0) is 23.4. The van der Waals surface area contributed by atoms with Crippen molar-refractivity contribution < 1.29 is 4.39 Å². The molecule has 1 aromatic carbocycles. The van der Waals surface area contributed by atoms with Gasteiger partial charge in [0, 0.05) is 36.9 Å². The molecule has 0 spiro atoms. The predicted octanol–water partition coefficient (Wildman–Crippen LogP) is 3.96. The first-order valence-electron chi connectivity index (χ1n) is 10.7. The molecule has 7 nitrogen and oxygen atoms in total. The Kier molecular flexibility index (Phi) is 5.08. The number of hydrogen-bond donors (Lipinski definition) is 0. The minimum absolute atomic E-state index is 0.191. The summed E-state index contributed by atoms with van der Waals surface area (Å²) in [5.41, 5.74) is 1.98. The van der Waals surface area contributed by atoms with Crippen molar-refractivity contribution in [1.82, 2.24) is 23.5 Å². The smallest absolute Gasteiger partial charge is 0.332 e. The average Bonchev–Trinajstić information content (AvgIpc) is 3.47. The van der Waals surface area contributed by atoms with Crippen LogP contribution in [0.25, 0.3) is 32.5 Å². The first kappa shape index (κ1) is 21.4. The molecule has 0 aliphatic heterocycles. The summed E-state index contributed by atoms with van der Waals surface area (Å²) in [5, 5.41) is 8.02. The largest absolute Gasteiger partial charge is 0.349 e. The van der Waals surface area contributed by atoms with Gasteiger partial charge >= 0.3 is 5.69 Å². The Hall–Kier alpha value is -3.46.